The van der Waals surface area contributed by atoms with Crippen molar-refractivity contribution >= 4 is 11.7 Å². The number of hydrogen-bond acceptors (Lipinski definition) is 6. The highest BCUT2D eigenvalue weighted by molar-refractivity contribution is 5.82. The minimum atomic E-state index is -4.51. The van der Waals surface area contributed by atoms with Crippen LogP contribution in [0.2, 0.25) is 0 Å². The molecule has 0 bridgehead atoms. The van der Waals surface area contributed by atoms with Gasteiger partial charge in [0.1, 0.15) is 6.29 Å². The molecule has 1 aromatic rings. The topological polar surface area (TPSA) is 73.4 Å². The molecule has 7 nitrogen and oxygen atoms in total. The number of rotatable bonds is 3. The lowest BCUT2D eigenvalue weighted by atomic mass is 10.0. The van der Waals surface area contributed by atoms with Gasteiger partial charge in [-0.25, -0.2) is 4.39 Å². The van der Waals surface area contributed by atoms with Crippen molar-refractivity contribution < 1.29 is 22.4 Å². The van der Waals surface area contributed by atoms with Crippen molar-refractivity contribution in [1.29, 1.82) is 0 Å². The van der Waals surface area contributed by atoms with Crippen molar-refractivity contribution in [2.45, 2.75) is 37.5 Å². The molecule has 3 heterocycles. The molecule has 0 radical (unpaired) electrons. The fraction of sp³-hybridized carbons (Fsp3) is 0.688. The Hall–Kier alpha value is -2.01. The van der Waals surface area contributed by atoms with Crippen LogP contribution in [0.15, 0.2) is 12.1 Å². The third kappa shape index (κ3) is 3.84. The second-order valence-electron chi connectivity index (χ2n) is 7.14. The van der Waals surface area contributed by atoms with Crippen molar-refractivity contribution in [3.05, 3.63) is 17.8 Å². The summed E-state index contributed by atoms with van der Waals surface area (Å²) in [5.41, 5.74) is -1.02. The quantitative estimate of drug-likeness (QED) is 0.745. The summed E-state index contributed by atoms with van der Waals surface area (Å²) in [5, 5.41) is 12.8. The normalized spacial score (nSPS) is 30.3. The van der Waals surface area contributed by atoms with E-state index in [4.69, 9.17) is 0 Å². The summed E-state index contributed by atoms with van der Waals surface area (Å²) in [5.74, 6) is -0.00749. The lowest BCUT2D eigenvalue weighted by molar-refractivity contribution is -0.141. The van der Waals surface area contributed by atoms with E-state index in [1.807, 2.05) is 9.80 Å². The van der Waals surface area contributed by atoms with Gasteiger partial charge in [-0.05, 0) is 30.9 Å². The maximum absolute atomic E-state index is 14.1. The number of nitrogens with one attached hydrogen (secondary N) is 2. The molecule has 2 N–H and O–H groups in total. The molecule has 0 spiro atoms. The first-order chi connectivity index (χ1) is 12.8. The fourth-order valence-corrected chi connectivity index (χ4v) is 3.57. The Morgan fingerprint density at radius 1 is 1.07 bits per heavy atom. The number of carbonyl (C=O) groups is 1. The third-order valence-electron chi connectivity index (χ3n) is 5.27. The number of amides is 1. The zero-order valence-corrected chi connectivity index (χ0v) is 14.4. The van der Waals surface area contributed by atoms with Gasteiger partial charge in [0.05, 0.1) is 6.04 Å². The Bertz CT molecular complexity index is 687. The van der Waals surface area contributed by atoms with Crippen LogP contribution in [0.4, 0.5) is 23.4 Å². The molecule has 3 fully saturated rings. The molecule has 11 heteroatoms. The van der Waals surface area contributed by atoms with E-state index in [9.17, 15) is 22.4 Å². The molecule has 3 unspecified atom stereocenters. The van der Waals surface area contributed by atoms with Gasteiger partial charge in [0, 0.05) is 26.2 Å². The van der Waals surface area contributed by atoms with Gasteiger partial charge in [-0.1, -0.05) is 0 Å². The minimum Gasteiger partial charge on any atom is -0.353 e. The molecule has 1 aliphatic carbocycles. The van der Waals surface area contributed by atoms with Gasteiger partial charge in [-0.2, -0.15) is 13.2 Å². The molecule has 1 amide bonds. The van der Waals surface area contributed by atoms with Gasteiger partial charge in [0.2, 0.25) is 0 Å². The average molecular weight is 388 g/mol. The molecule has 1 saturated carbocycles. The molecule has 3 aliphatic rings. The van der Waals surface area contributed by atoms with Crippen LogP contribution in [-0.2, 0) is 11.0 Å². The van der Waals surface area contributed by atoms with Crippen LogP contribution in [0.1, 0.15) is 18.5 Å². The SMILES string of the molecule is O=C1NC(N2CCN(c3ccc(C(F)(F)F)nn3)CC2)NC(C2CC2)C1F. The number of nitrogens with zero attached hydrogens (tertiary/aromatic N) is 4. The highest BCUT2D eigenvalue weighted by Crippen LogP contribution is 2.36. The zero-order chi connectivity index (χ0) is 19.2. The Morgan fingerprint density at radius 3 is 2.33 bits per heavy atom. The molecule has 27 heavy (non-hydrogen) atoms. The molecule has 2 saturated heterocycles. The number of alkyl halides is 4. The van der Waals surface area contributed by atoms with E-state index in [2.05, 4.69) is 20.8 Å². The van der Waals surface area contributed by atoms with Crippen molar-refractivity contribution in [1.82, 2.24) is 25.7 Å². The first-order valence-electron chi connectivity index (χ1n) is 8.93. The summed E-state index contributed by atoms with van der Waals surface area (Å²) in [6, 6.07) is 1.77. The lowest BCUT2D eigenvalue weighted by Crippen LogP contribution is -2.70. The second-order valence-corrected chi connectivity index (χ2v) is 7.14. The van der Waals surface area contributed by atoms with E-state index in [-0.39, 0.29) is 5.92 Å². The number of hydrogen-bond donors (Lipinski definition) is 2. The predicted molar refractivity (Wildman–Crippen MR) is 87.3 cm³/mol. The molecule has 3 atom stereocenters. The molecular weight excluding hydrogens is 368 g/mol. The van der Waals surface area contributed by atoms with Crippen LogP contribution in [0.25, 0.3) is 0 Å². The first kappa shape index (κ1) is 18.4. The van der Waals surface area contributed by atoms with Gasteiger partial charge in [-0.3, -0.25) is 15.0 Å². The molecule has 0 aromatic carbocycles. The van der Waals surface area contributed by atoms with Crippen molar-refractivity contribution in [3.63, 3.8) is 0 Å². The van der Waals surface area contributed by atoms with Crippen molar-refractivity contribution in [2.75, 3.05) is 31.1 Å². The summed E-state index contributed by atoms with van der Waals surface area (Å²) < 4.78 is 51.8. The second kappa shape index (κ2) is 6.86. The monoisotopic (exact) mass is 388 g/mol. The number of halogens is 4. The summed E-state index contributed by atoms with van der Waals surface area (Å²) in [6.45, 7) is 2.13. The Morgan fingerprint density at radius 2 is 1.78 bits per heavy atom. The molecular formula is C16H20F4N6O. The van der Waals surface area contributed by atoms with E-state index in [0.717, 1.165) is 18.9 Å². The Balaban J connectivity index is 1.35. The van der Waals surface area contributed by atoms with Crippen LogP contribution >= 0.6 is 0 Å². The van der Waals surface area contributed by atoms with Crippen molar-refractivity contribution in [2.24, 2.45) is 5.92 Å². The fourth-order valence-electron chi connectivity index (χ4n) is 3.57. The third-order valence-corrected chi connectivity index (χ3v) is 5.27. The number of aromatic nitrogens is 2. The number of carbonyl (C=O) groups excluding carboxylic acids is 1. The van der Waals surface area contributed by atoms with Gasteiger partial charge in [0.15, 0.2) is 17.7 Å². The summed E-state index contributed by atoms with van der Waals surface area (Å²) >= 11 is 0. The molecule has 2 aliphatic heterocycles. The van der Waals surface area contributed by atoms with E-state index in [1.165, 1.54) is 6.07 Å². The molecule has 148 valence electrons. The highest BCUT2D eigenvalue weighted by Gasteiger charge is 2.46. The number of piperazine rings is 1. The van der Waals surface area contributed by atoms with E-state index < -0.39 is 36.3 Å². The maximum Gasteiger partial charge on any atom is 0.435 e. The van der Waals surface area contributed by atoms with Crippen LogP contribution in [0.3, 0.4) is 0 Å². The van der Waals surface area contributed by atoms with E-state index >= 15 is 0 Å². The summed E-state index contributed by atoms with van der Waals surface area (Å²) in [7, 11) is 0. The average Bonchev–Trinajstić information content (AvgIpc) is 3.48. The smallest absolute Gasteiger partial charge is 0.353 e. The number of anilines is 1. The maximum atomic E-state index is 14.1. The van der Waals surface area contributed by atoms with E-state index in [1.54, 1.807) is 0 Å². The van der Waals surface area contributed by atoms with Crippen LogP contribution in [0, 0.1) is 5.92 Å². The standard InChI is InChI=1S/C16H20F4N6O/c17-12-13(9-1-2-9)21-15(22-14(12)27)26-7-5-25(6-8-26)11-4-3-10(23-24-11)16(18,19)20/h3-4,9,12-13,15,21H,1-2,5-8H2,(H,22,27). The first-order valence-corrected chi connectivity index (χ1v) is 8.93. The largest absolute Gasteiger partial charge is 0.435 e. The highest BCUT2D eigenvalue weighted by atomic mass is 19.4. The van der Waals surface area contributed by atoms with E-state index in [0.29, 0.717) is 32.0 Å². The molecule has 4 rings (SSSR count). The summed E-state index contributed by atoms with van der Waals surface area (Å²) in [6.07, 6.45) is -4.62. The van der Waals surface area contributed by atoms with Gasteiger partial charge < -0.3 is 10.2 Å². The van der Waals surface area contributed by atoms with Crippen molar-refractivity contribution in [3.8, 4) is 0 Å². The molecule has 1 aromatic heterocycles. The van der Waals surface area contributed by atoms with Crippen LogP contribution < -0.4 is 15.5 Å². The lowest BCUT2D eigenvalue weighted by Gasteiger charge is -2.44. The predicted octanol–water partition coefficient (Wildman–Crippen LogP) is 0.737. The minimum absolute atomic E-state index is 0.206. The van der Waals surface area contributed by atoms with Gasteiger partial charge >= 0.3 is 6.18 Å². The van der Waals surface area contributed by atoms with Crippen LogP contribution in [-0.4, -0.2) is 65.7 Å². The zero-order valence-electron chi connectivity index (χ0n) is 14.4. The van der Waals surface area contributed by atoms with Crippen LogP contribution in [0.5, 0.6) is 0 Å². The summed E-state index contributed by atoms with van der Waals surface area (Å²) in [4.78, 5) is 15.7. The van der Waals surface area contributed by atoms with Gasteiger partial charge in [-0.15, -0.1) is 10.2 Å². The Labute approximate surface area is 153 Å². The Kier molecular flexibility index (Phi) is 4.66. The van der Waals surface area contributed by atoms with Gasteiger partial charge in [0.25, 0.3) is 5.91 Å².